The molecule has 1 amide bonds. The number of aliphatic hydroxyl groups excluding tert-OH is 1. The van der Waals surface area contributed by atoms with Gasteiger partial charge in [-0.05, 0) is 17.9 Å². The molecule has 1 aromatic carbocycles. The molecule has 1 fully saturated rings. The Morgan fingerprint density at radius 1 is 1.37 bits per heavy atom. The summed E-state index contributed by atoms with van der Waals surface area (Å²) in [5, 5.41) is 12.4. The molecule has 0 saturated carbocycles. The van der Waals surface area contributed by atoms with Gasteiger partial charge in [0.2, 0.25) is 5.91 Å². The van der Waals surface area contributed by atoms with E-state index in [2.05, 4.69) is 24.4 Å². The summed E-state index contributed by atoms with van der Waals surface area (Å²) in [5.74, 6) is 0.430. The molecular formula is C15H22N2O2. The van der Waals surface area contributed by atoms with Crippen molar-refractivity contribution in [3.63, 3.8) is 0 Å². The van der Waals surface area contributed by atoms with Gasteiger partial charge in [-0.15, -0.1) is 0 Å². The molecule has 4 nitrogen and oxygen atoms in total. The van der Waals surface area contributed by atoms with Crippen LogP contribution in [0.15, 0.2) is 30.3 Å². The number of rotatable bonds is 4. The van der Waals surface area contributed by atoms with Crippen molar-refractivity contribution in [3.05, 3.63) is 35.9 Å². The molecule has 1 aromatic rings. The number of carbonyl (C=O) groups is 1. The van der Waals surface area contributed by atoms with E-state index in [4.69, 9.17) is 0 Å². The second-order valence-corrected chi connectivity index (χ2v) is 5.27. The van der Waals surface area contributed by atoms with Gasteiger partial charge in [0.1, 0.15) is 6.04 Å². The van der Waals surface area contributed by atoms with E-state index in [9.17, 15) is 9.90 Å². The largest absolute Gasteiger partial charge is 0.394 e. The molecule has 4 heteroatoms. The van der Waals surface area contributed by atoms with Crippen molar-refractivity contribution < 1.29 is 9.90 Å². The molecule has 2 N–H and O–H groups in total. The normalized spacial score (nSPS) is 24.3. The summed E-state index contributed by atoms with van der Waals surface area (Å²) < 4.78 is 0. The predicted octanol–water partition coefficient (Wildman–Crippen LogP) is 0.658. The molecule has 2 unspecified atom stereocenters. The number of benzene rings is 1. The molecule has 0 spiro atoms. The first kappa shape index (κ1) is 14.0. The van der Waals surface area contributed by atoms with Crippen molar-refractivity contribution in [2.75, 3.05) is 26.2 Å². The zero-order chi connectivity index (χ0) is 13.7. The lowest BCUT2D eigenvalue weighted by atomic mass is 10.1. The van der Waals surface area contributed by atoms with Gasteiger partial charge in [0.15, 0.2) is 0 Å². The highest BCUT2D eigenvalue weighted by molar-refractivity contribution is 5.82. The highest BCUT2D eigenvalue weighted by atomic mass is 16.3. The third kappa shape index (κ3) is 3.78. The fourth-order valence-corrected chi connectivity index (χ4v) is 2.43. The van der Waals surface area contributed by atoms with Gasteiger partial charge < -0.3 is 15.3 Å². The number of aliphatic hydroxyl groups is 1. The Morgan fingerprint density at radius 2 is 2.11 bits per heavy atom. The van der Waals surface area contributed by atoms with Gasteiger partial charge in [-0.3, -0.25) is 4.79 Å². The maximum absolute atomic E-state index is 12.2. The minimum atomic E-state index is -0.444. The molecule has 1 heterocycles. The minimum absolute atomic E-state index is 0.0165. The zero-order valence-electron chi connectivity index (χ0n) is 11.4. The van der Waals surface area contributed by atoms with Gasteiger partial charge in [0, 0.05) is 19.6 Å². The van der Waals surface area contributed by atoms with Crippen molar-refractivity contribution in [2.45, 2.75) is 19.4 Å². The van der Waals surface area contributed by atoms with E-state index in [0.717, 1.165) is 19.5 Å². The van der Waals surface area contributed by atoms with E-state index in [1.165, 1.54) is 5.56 Å². The molecule has 0 aromatic heterocycles. The van der Waals surface area contributed by atoms with Crippen molar-refractivity contribution in [1.29, 1.82) is 0 Å². The summed E-state index contributed by atoms with van der Waals surface area (Å²) in [6, 6.07) is 9.73. The van der Waals surface area contributed by atoms with E-state index in [1.807, 2.05) is 23.1 Å². The summed E-state index contributed by atoms with van der Waals surface area (Å²) >= 11 is 0. The number of hydrogen-bond acceptors (Lipinski definition) is 3. The smallest absolute Gasteiger partial charge is 0.242 e. The van der Waals surface area contributed by atoms with Crippen LogP contribution >= 0.6 is 0 Å². The lowest BCUT2D eigenvalue weighted by Gasteiger charge is -2.24. The molecule has 2 rings (SSSR count). The Morgan fingerprint density at radius 3 is 2.79 bits per heavy atom. The first-order chi connectivity index (χ1) is 9.20. The van der Waals surface area contributed by atoms with E-state index in [0.29, 0.717) is 12.5 Å². The Kier molecular flexibility index (Phi) is 4.93. The summed E-state index contributed by atoms with van der Waals surface area (Å²) in [5.41, 5.74) is 1.24. The van der Waals surface area contributed by atoms with Gasteiger partial charge in [0.05, 0.1) is 6.61 Å². The average molecular weight is 262 g/mol. The SMILES string of the molecule is CC1CNC(CO)C(=O)N(CCc2ccccc2)C1. The fourth-order valence-electron chi connectivity index (χ4n) is 2.43. The van der Waals surface area contributed by atoms with Crippen LogP contribution in [-0.2, 0) is 11.2 Å². The maximum Gasteiger partial charge on any atom is 0.242 e. The van der Waals surface area contributed by atoms with Gasteiger partial charge in [0.25, 0.3) is 0 Å². The number of amides is 1. The van der Waals surface area contributed by atoms with Gasteiger partial charge >= 0.3 is 0 Å². The molecule has 19 heavy (non-hydrogen) atoms. The summed E-state index contributed by atoms with van der Waals surface area (Å²) in [6.07, 6.45) is 0.859. The highest BCUT2D eigenvalue weighted by Crippen LogP contribution is 2.09. The van der Waals surface area contributed by atoms with Crippen LogP contribution in [-0.4, -0.2) is 48.2 Å². The predicted molar refractivity (Wildman–Crippen MR) is 74.8 cm³/mol. The highest BCUT2D eigenvalue weighted by Gasteiger charge is 2.28. The molecule has 104 valence electrons. The van der Waals surface area contributed by atoms with Crippen LogP contribution in [0.2, 0.25) is 0 Å². The molecule has 1 saturated heterocycles. The third-order valence-corrected chi connectivity index (χ3v) is 3.55. The Labute approximate surface area is 114 Å². The van der Waals surface area contributed by atoms with Gasteiger partial charge in [-0.2, -0.15) is 0 Å². The average Bonchev–Trinajstić information content (AvgIpc) is 2.57. The minimum Gasteiger partial charge on any atom is -0.394 e. The Balaban J connectivity index is 1.98. The molecule has 1 aliphatic heterocycles. The van der Waals surface area contributed by atoms with E-state index >= 15 is 0 Å². The van der Waals surface area contributed by atoms with Crippen LogP contribution in [0, 0.1) is 5.92 Å². The number of carbonyl (C=O) groups excluding carboxylic acids is 1. The first-order valence-electron chi connectivity index (χ1n) is 6.87. The monoisotopic (exact) mass is 262 g/mol. The van der Waals surface area contributed by atoms with Crippen LogP contribution < -0.4 is 5.32 Å². The summed E-state index contributed by atoms with van der Waals surface area (Å²) in [7, 11) is 0. The molecule has 0 aliphatic carbocycles. The molecule has 2 atom stereocenters. The van der Waals surface area contributed by atoms with Crippen LogP contribution in [0.3, 0.4) is 0 Å². The molecule has 1 aliphatic rings. The van der Waals surface area contributed by atoms with E-state index < -0.39 is 6.04 Å². The first-order valence-corrected chi connectivity index (χ1v) is 6.87. The van der Waals surface area contributed by atoms with E-state index in [1.54, 1.807) is 0 Å². The number of nitrogens with zero attached hydrogens (tertiary/aromatic N) is 1. The maximum atomic E-state index is 12.2. The second-order valence-electron chi connectivity index (χ2n) is 5.27. The van der Waals surface area contributed by atoms with Crippen molar-refractivity contribution in [1.82, 2.24) is 10.2 Å². The van der Waals surface area contributed by atoms with Crippen LogP contribution in [0.25, 0.3) is 0 Å². The van der Waals surface area contributed by atoms with Crippen LogP contribution in [0.5, 0.6) is 0 Å². The van der Waals surface area contributed by atoms with E-state index in [-0.39, 0.29) is 12.5 Å². The Bertz CT molecular complexity index is 408. The fraction of sp³-hybridized carbons (Fsp3) is 0.533. The van der Waals surface area contributed by atoms with Gasteiger partial charge in [-0.1, -0.05) is 37.3 Å². The van der Waals surface area contributed by atoms with Crippen LogP contribution in [0.4, 0.5) is 0 Å². The zero-order valence-corrected chi connectivity index (χ0v) is 11.4. The molecular weight excluding hydrogens is 240 g/mol. The second kappa shape index (κ2) is 6.68. The topological polar surface area (TPSA) is 52.6 Å². The lowest BCUT2D eigenvalue weighted by molar-refractivity contribution is -0.133. The summed E-state index contributed by atoms with van der Waals surface area (Å²) in [4.78, 5) is 14.1. The summed E-state index contributed by atoms with van der Waals surface area (Å²) in [6.45, 7) is 4.24. The number of hydrogen-bond donors (Lipinski definition) is 2. The lowest BCUT2D eigenvalue weighted by Crippen LogP contribution is -2.46. The van der Waals surface area contributed by atoms with Crippen LogP contribution in [0.1, 0.15) is 12.5 Å². The third-order valence-electron chi connectivity index (χ3n) is 3.55. The van der Waals surface area contributed by atoms with Gasteiger partial charge in [-0.25, -0.2) is 0 Å². The molecule has 0 bridgehead atoms. The van der Waals surface area contributed by atoms with Crippen molar-refractivity contribution in [3.8, 4) is 0 Å². The van der Waals surface area contributed by atoms with Crippen molar-refractivity contribution >= 4 is 5.91 Å². The quantitative estimate of drug-likeness (QED) is 0.838. The van der Waals surface area contributed by atoms with Crippen molar-refractivity contribution in [2.24, 2.45) is 5.92 Å². The standard InChI is InChI=1S/C15H22N2O2/c1-12-9-16-14(11-18)15(19)17(10-12)8-7-13-5-3-2-4-6-13/h2-6,12,14,16,18H,7-11H2,1H3. The Hall–Kier alpha value is -1.39. The number of nitrogens with one attached hydrogen (secondary N) is 1. The molecule has 0 radical (unpaired) electrons.